The summed E-state index contributed by atoms with van der Waals surface area (Å²) >= 11 is 0. The Morgan fingerprint density at radius 2 is 2.09 bits per heavy atom. The summed E-state index contributed by atoms with van der Waals surface area (Å²) in [5, 5.41) is 4.11. The number of hydrogen-bond donors (Lipinski definition) is 0. The number of aromatic nitrogens is 3. The molecule has 0 spiro atoms. The van der Waals surface area contributed by atoms with Crippen molar-refractivity contribution >= 4 is 5.52 Å². The molecule has 0 bridgehead atoms. The van der Waals surface area contributed by atoms with Crippen LogP contribution in [0.5, 0.6) is 0 Å². The fraction of sp³-hybridized carbons (Fsp3) is 0.250. The Balaban J connectivity index is 2.94. The largest absolute Gasteiger partial charge is 0.238 e. The molecule has 0 saturated carbocycles. The zero-order valence-corrected chi connectivity index (χ0v) is 6.57. The van der Waals surface area contributed by atoms with Crippen LogP contribution < -0.4 is 0 Å². The van der Waals surface area contributed by atoms with Crippen molar-refractivity contribution < 1.29 is 0 Å². The van der Waals surface area contributed by atoms with Crippen molar-refractivity contribution in [1.29, 1.82) is 0 Å². The molecule has 2 aromatic heterocycles. The zero-order chi connectivity index (χ0) is 7.84. The molecule has 0 aliphatic carbocycles. The maximum atomic E-state index is 4.11. The third-order valence-corrected chi connectivity index (χ3v) is 1.83. The van der Waals surface area contributed by atoms with E-state index in [0.717, 1.165) is 16.9 Å². The van der Waals surface area contributed by atoms with Crippen molar-refractivity contribution in [3.8, 4) is 0 Å². The maximum Gasteiger partial charge on any atom is 0.136 e. The van der Waals surface area contributed by atoms with Gasteiger partial charge in [0, 0.05) is 5.69 Å². The molecule has 0 unspecified atom stereocenters. The first-order valence-electron chi connectivity index (χ1n) is 3.55. The highest BCUT2D eigenvalue weighted by atomic mass is 15.2. The van der Waals surface area contributed by atoms with Gasteiger partial charge in [-0.3, -0.25) is 0 Å². The Morgan fingerprint density at radius 1 is 1.27 bits per heavy atom. The monoisotopic (exact) mass is 147 g/mol. The van der Waals surface area contributed by atoms with Crippen LogP contribution >= 0.6 is 0 Å². The number of nitrogens with zero attached hydrogens (tertiary/aromatic N) is 3. The quantitative estimate of drug-likeness (QED) is 0.563. The van der Waals surface area contributed by atoms with E-state index < -0.39 is 0 Å². The number of rotatable bonds is 0. The normalized spacial score (nSPS) is 10.7. The first kappa shape index (κ1) is 6.34. The van der Waals surface area contributed by atoms with E-state index in [-0.39, 0.29) is 0 Å². The predicted octanol–water partition coefficient (Wildman–Crippen LogP) is 1.35. The van der Waals surface area contributed by atoms with Crippen molar-refractivity contribution in [3.63, 3.8) is 0 Å². The Hall–Kier alpha value is -1.38. The standard InChI is InChI=1S/C8H9N3/c1-6-3-4-8-7(2)9-5-10-11(6)8/h3-5H,1-2H3. The van der Waals surface area contributed by atoms with Crippen LogP contribution in [0.1, 0.15) is 11.4 Å². The van der Waals surface area contributed by atoms with Gasteiger partial charge in [-0.1, -0.05) is 0 Å². The number of hydrogen-bond acceptors (Lipinski definition) is 2. The smallest absolute Gasteiger partial charge is 0.136 e. The van der Waals surface area contributed by atoms with Crippen molar-refractivity contribution in [1.82, 2.24) is 14.6 Å². The van der Waals surface area contributed by atoms with Crippen molar-refractivity contribution in [2.24, 2.45) is 0 Å². The molecule has 0 aliphatic heterocycles. The van der Waals surface area contributed by atoms with Crippen LogP contribution in [0, 0.1) is 13.8 Å². The average molecular weight is 147 g/mol. The average Bonchev–Trinajstić information content (AvgIpc) is 2.35. The Bertz CT molecular complexity index is 389. The molecule has 0 aromatic carbocycles. The van der Waals surface area contributed by atoms with Gasteiger partial charge < -0.3 is 0 Å². The molecule has 11 heavy (non-hydrogen) atoms. The molecule has 0 atom stereocenters. The number of fused-ring (bicyclic) bond motifs is 1. The molecule has 3 heteroatoms. The molecule has 0 fully saturated rings. The van der Waals surface area contributed by atoms with E-state index in [0.29, 0.717) is 0 Å². The predicted molar refractivity (Wildman–Crippen MR) is 42.5 cm³/mol. The fourth-order valence-corrected chi connectivity index (χ4v) is 1.19. The highest BCUT2D eigenvalue weighted by Gasteiger charge is 1.99. The lowest BCUT2D eigenvalue weighted by molar-refractivity contribution is 0.859. The topological polar surface area (TPSA) is 30.2 Å². The molecular formula is C8H9N3. The minimum Gasteiger partial charge on any atom is -0.238 e. The third-order valence-electron chi connectivity index (χ3n) is 1.83. The molecule has 2 heterocycles. The van der Waals surface area contributed by atoms with Gasteiger partial charge in [0.05, 0.1) is 11.2 Å². The summed E-state index contributed by atoms with van der Waals surface area (Å²) in [5.74, 6) is 0. The second-order valence-electron chi connectivity index (χ2n) is 2.62. The molecular weight excluding hydrogens is 138 g/mol. The van der Waals surface area contributed by atoms with E-state index in [1.165, 1.54) is 0 Å². The fourth-order valence-electron chi connectivity index (χ4n) is 1.19. The molecule has 0 aliphatic rings. The molecule has 3 nitrogen and oxygen atoms in total. The summed E-state index contributed by atoms with van der Waals surface area (Å²) < 4.78 is 1.89. The van der Waals surface area contributed by atoms with E-state index >= 15 is 0 Å². The summed E-state index contributed by atoms with van der Waals surface area (Å²) in [4.78, 5) is 4.09. The molecule has 2 aromatic rings. The first-order chi connectivity index (χ1) is 5.29. The van der Waals surface area contributed by atoms with Gasteiger partial charge in [-0.15, -0.1) is 0 Å². The molecule has 0 N–H and O–H groups in total. The third kappa shape index (κ3) is 0.808. The van der Waals surface area contributed by atoms with E-state index in [1.807, 2.05) is 30.5 Å². The van der Waals surface area contributed by atoms with Gasteiger partial charge in [-0.2, -0.15) is 5.10 Å². The summed E-state index contributed by atoms with van der Waals surface area (Å²) in [6, 6.07) is 4.07. The van der Waals surface area contributed by atoms with Gasteiger partial charge in [-0.05, 0) is 26.0 Å². The Labute approximate surface area is 64.7 Å². The van der Waals surface area contributed by atoms with Crippen LogP contribution in [0.15, 0.2) is 18.5 Å². The van der Waals surface area contributed by atoms with E-state index in [1.54, 1.807) is 6.33 Å². The summed E-state index contributed by atoms with van der Waals surface area (Å²) in [7, 11) is 0. The van der Waals surface area contributed by atoms with Crippen molar-refractivity contribution in [2.45, 2.75) is 13.8 Å². The number of aryl methyl sites for hydroxylation is 2. The highest BCUT2D eigenvalue weighted by molar-refractivity contribution is 5.51. The molecule has 56 valence electrons. The molecule has 0 saturated heterocycles. The minimum atomic E-state index is 1.02. The first-order valence-corrected chi connectivity index (χ1v) is 3.55. The molecule has 0 radical (unpaired) electrons. The van der Waals surface area contributed by atoms with Crippen molar-refractivity contribution in [3.05, 3.63) is 29.8 Å². The van der Waals surface area contributed by atoms with Crippen LogP contribution in [0.25, 0.3) is 5.52 Å². The summed E-state index contributed by atoms with van der Waals surface area (Å²) in [6.07, 6.45) is 1.58. The minimum absolute atomic E-state index is 1.02. The van der Waals surface area contributed by atoms with Crippen molar-refractivity contribution in [2.75, 3.05) is 0 Å². The molecule has 2 rings (SSSR count). The van der Waals surface area contributed by atoms with Gasteiger partial charge in [0.2, 0.25) is 0 Å². The second-order valence-corrected chi connectivity index (χ2v) is 2.62. The van der Waals surface area contributed by atoms with Crippen LogP contribution in [-0.2, 0) is 0 Å². The lowest BCUT2D eigenvalue weighted by Crippen LogP contribution is -1.96. The van der Waals surface area contributed by atoms with Gasteiger partial charge in [0.25, 0.3) is 0 Å². The lowest BCUT2D eigenvalue weighted by Gasteiger charge is -1.96. The van der Waals surface area contributed by atoms with E-state index in [4.69, 9.17) is 0 Å². The van der Waals surface area contributed by atoms with Gasteiger partial charge in [-0.25, -0.2) is 9.50 Å². The lowest BCUT2D eigenvalue weighted by atomic mass is 10.4. The van der Waals surface area contributed by atoms with Gasteiger partial charge >= 0.3 is 0 Å². The molecule has 0 amide bonds. The van der Waals surface area contributed by atoms with Crippen LogP contribution in [0.3, 0.4) is 0 Å². The Kier molecular flexibility index (Phi) is 1.18. The van der Waals surface area contributed by atoms with Crippen LogP contribution in [0.2, 0.25) is 0 Å². The van der Waals surface area contributed by atoms with E-state index in [2.05, 4.69) is 10.1 Å². The Morgan fingerprint density at radius 3 is 2.82 bits per heavy atom. The van der Waals surface area contributed by atoms with Crippen LogP contribution in [0.4, 0.5) is 0 Å². The maximum absolute atomic E-state index is 4.11. The zero-order valence-electron chi connectivity index (χ0n) is 6.57. The highest BCUT2D eigenvalue weighted by Crippen LogP contribution is 2.08. The van der Waals surface area contributed by atoms with Crippen LogP contribution in [-0.4, -0.2) is 14.6 Å². The SMILES string of the molecule is Cc1ncnn2c(C)ccc12. The van der Waals surface area contributed by atoms with E-state index in [9.17, 15) is 0 Å². The summed E-state index contributed by atoms with van der Waals surface area (Å²) in [6.45, 7) is 4.01. The summed E-state index contributed by atoms with van der Waals surface area (Å²) in [5.41, 5.74) is 3.25. The van der Waals surface area contributed by atoms with Gasteiger partial charge in [0.15, 0.2) is 0 Å². The van der Waals surface area contributed by atoms with Gasteiger partial charge in [0.1, 0.15) is 6.33 Å². The second kappa shape index (κ2) is 2.05.